The Balaban J connectivity index is 1.47. The standard InChI is InChI=1S/C24H30FN3O2S2/c1-2-30-23(29)21-17-9-5-3-4-6-12-20(17)32-22(21)26-24(31)28-15-13-27(14-16-28)19-11-8-7-10-18(19)25/h7-8,10-11H,2-6,9,12-16H2,1H3,(H,26,31). The number of thiophene rings is 1. The van der Waals surface area contributed by atoms with Crippen LogP contribution in [0.2, 0.25) is 0 Å². The Morgan fingerprint density at radius 3 is 2.56 bits per heavy atom. The van der Waals surface area contributed by atoms with Crippen LogP contribution in [0.4, 0.5) is 15.1 Å². The summed E-state index contributed by atoms with van der Waals surface area (Å²) in [5, 5.41) is 4.78. The molecule has 2 aromatic rings. The Labute approximate surface area is 198 Å². The summed E-state index contributed by atoms with van der Waals surface area (Å²) in [5.41, 5.74) is 2.44. The van der Waals surface area contributed by atoms with E-state index in [1.165, 1.54) is 23.8 Å². The number of nitrogens with zero attached hydrogens (tertiary/aromatic N) is 2. The molecule has 1 aliphatic carbocycles. The van der Waals surface area contributed by atoms with E-state index < -0.39 is 0 Å². The number of para-hydroxylation sites is 1. The quantitative estimate of drug-likeness (QED) is 0.482. The van der Waals surface area contributed by atoms with E-state index in [0.717, 1.165) is 36.2 Å². The smallest absolute Gasteiger partial charge is 0.341 e. The van der Waals surface area contributed by atoms with Gasteiger partial charge in [0.25, 0.3) is 0 Å². The zero-order valence-electron chi connectivity index (χ0n) is 18.5. The Hall–Kier alpha value is -2.19. The fraction of sp³-hybridized carbons (Fsp3) is 0.500. The summed E-state index contributed by atoms with van der Waals surface area (Å²) in [6, 6.07) is 6.87. The molecule has 1 saturated heterocycles. The van der Waals surface area contributed by atoms with Gasteiger partial charge in [-0.15, -0.1) is 11.3 Å². The minimum Gasteiger partial charge on any atom is -0.462 e. The number of carbonyl (C=O) groups excluding carboxylic acids is 1. The molecule has 0 saturated carbocycles. The highest BCUT2D eigenvalue weighted by Crippen LogP contribution is 2.38. The van der Waals surface area contributed by atoms with Crippen LogP contribution in [0.1, 0.15) is 53.4 Å². The number of ether oxygens (including phenoxy) is 1. The van der Waals surface area contributed by atoms with Gasteiger partial charge in [-0.1, -0.05) is 25.0 Å². The maximum absolute atomic E-state index is 14.1. The molecule has 1 aromatic carbocycles. The summed E-state index contributed by atoms with van der Waals surface area (Å²) >= 11 is 7.36. The van der Waals surface area contributed by atoms with Crippen molar-refractivity contribution in [1.82, 2.24) is 4.90 Å². The summed E-state index contributed by atoms with van der Waals surface area (Å²) in [7, 11) is 0. The van der Waals surface area contributed by atoms with E-state index in [1.807, 2.05) is 19.1 Å². The van der Waals surface area contributed by atoms with Crippen LogP contribution in [0.25, 0.3) is 0 Å². The maximum atomic E-state index is 14.1. The van der Waals surface area contributed by atoms with Crippen molar-refractivity contribution in [3.63, 3.8) is 0 Å². The number of anilines is 2. The lowest BCUT2D eigenvalue weighted by Crippen LogP contribution is -2.50. The number of esters is 1. The lowest BCUT2D eigenvalue weighted by atomic mass is 9.96. The second kappa shape index (κ2) is 10.6. The van der Waals surface area contributed by atoms with Crippen molar-refractivity contribution in [2.45, 2.75) is 45.4 Å². The number of nitrogens with one attached hydrogen (secondary N) is 1. The highest BCUT2D eigenvalue weighted by Gasteiger charge is 2.27. The number of aryl methyl sites for hydroxylation is 1. The van der Waals surface area contributed by atoms with Gasteiger partial charge >= 0.3 is 5.97 Å². The average Bonchev–Trinajstić information content (AvgIpc) is 3.10. The molecule has 1 fully saturated rings. The van der Waals surface area contributed by atoms with Gasteiger partial charge in [0.1, 0.15) is 10.8 Å². The number of rotatable bonds is 4. The molecule has 0 bridgehead atoms. The fourth-order valence-corrected chi connectivity index (χ4v) is 6.09. The average molecular weight is 476 g/mol. The van der Waals surface area contributed by atoms with E-state index in [0.29, 0.717) is 49.1 Å². The summed E-state index contributed by atoms with van der Waals surface area (Å²) in [6.45, 7) is 4.95. The van der Waals surface area contributed by atoms with Crippen molar-refractivity contribution in [3.8, 4) is 0 Å². The first-order valence-electron chi connectivity index (χ1n) is 11.5. The Kier molecular flexibility index (Phi) is 7.63. The Morgan fingerprint density at radius 1 is 1.12 bits per heavy atom. The molecule has 1 N–H and O–H groups in total. The SMILES string of the molecule is CCOC(=O)c1c(NC(=S)N2CCN(c3ccccc3F)CC2)sc2c1CCCCCC2. The minimum absolute atomic E-state index is 0.197. The van der Waals surface area contributed by atoms with Gasteiger partial charge in [0.15, 0.2) is 5.11 Å². The first-order chi connectivity index (χ1) is 15.6. The van der Waals surface area contributed by atoms with Crippen LogP contribution >= 0.6 is 23.6 Å². The van der Waals surface area contributed by atoms with E-state index in [1.54, 1.807) is 17.4 Å². The number of thiocarbonyl (C=S) groups is 1. The van der Waals surface area contributed by atoms with Crippen LogP contribution in [-0.4, -0.2) is 48.8 Å². The predicted octanol–water partition coefficient (Wildman–Crippen LogP) is 5.24. The van der Waals surface area contributed by atoms with Gasteiger partial charge in [0, 0.05) is 31.1 Å². The molecule has 1 aromatic heterocycles. The number of piperazine rings is 1. The Bertz CT molecular complexity index is 970. The van der Waals surface area contributed by atoms with Gasteiger partial charge in [0.2, 0.25) is 0 Å². The largest absolute Gasteiger partial charge is 0.462 e. The number of benzene rings is 1. The predicted molar refractivity (Wildman–Crippen MR) is 133 cm³/mol. The van der Waals surface area contributed by atoms with E-state index >= 15 is 0 Å². The van der Waals surface area contributed by atoms with Crippen LogP contribution in [0.5, 0.6) is 0 Å². The lowest BCUT2D eigenvalue weighted by Gasteiger charge is -2.37. The zero-order valence-corrected chi connectivity index (χ0v) is 20.1. The molecule has 0 atom stereocenters. The molecule has 0 radical (unpaired) electrons. The molecule has 4 rings (SSSR count). The molecule has 0 amide bonds. The highest BCUT2D eigenvalue weighted by molar-refractivity contribution is 7.80. The molecule has 2 aliphatic rings. The molecule has 0 spiro atoms. The van der Waals surface area contributed by atoms with Crippen molar-refractivity contribution < 1.29 is 13.9 Å². The van der Waals surface area contributed by atoms with E-state index in [9.17, 15) is 9.18 Å². The number of carbonyl (C=O) groups is 1. The molecule has 32 heavy (non-hydrogen) atoms. The second-order valence-corrected chi connectivity index (χ2v) is 9.69. The van der Waals surface area contributed by atoms with Crippen molar-refractivity contribution >= 4 is 45.3 Å². The first kappa shape index (κ1) is 23.0. The fourth-order valence-electron chi connectivity index (χ4n) is 4.46. The normalized spacial score (nSPS) is 16.7. The lowest BCUT2D eigenvalue weighted by molar-refractivity contribution is 0.0526. The third kappa shape index (κ3) is 5.07. The van der Waals surface area contributed by atoms with Gasteiger partial charge in [-0.3, -0.25) is 0 Å². The van der Waals surface area contributed by atoms with Crippen LogP contribution in [0.15, 0.2) is 24.3 Å². The number of fused-ring (bicyclic) bond motifs is 1. The van der Waals surface area contributed by atoms with E-state index in [-0.39, 0.29) is 11.8 Å². The van der Waals surface area contributed by atoms with Gasteiger partial charge in [-0.2, -0.15) is 0 Å². The second-order valence-electron chi connectivity index (χ2n) is 8.20. The van der Waals surface area contributed by atoms with Crippen LogP contribution < -0.4 is 10.2 Å². The van der Waals surface area contributed by atoms with Crippen molar-refractivity contribution in [1.29, 1.82) is 0 Å². The van der Waals surface area contributed by atoms with E-state index in [2.05, 4.69) is 15.1 Å². The summed E-state index contributed by atoms with van der Waals surface area (Å²) in [5.74, 6) is -0.461. The third-order valence-electron chi connectivity index (χ3n) is 6.13. The van der Waals surface area contributed by atoms with Gasteiger partial charge in [0.05, 0.1) is 17.9 Å². The topological polar surface area (TPSA) is 44.8 Å². The summed E-state index contributed by atoms with van der Waals surface area (Å²) in [4.78, 5) is 18.3. The maximum Gasteiger partial charge on any atom is 0.341 e. The number of hydrogen-bond donors (Lipinski definition) is 1. The molecular weight excluding hydrogens is 445 g/mol. The van der Waals surface area contributed by atoms with E-state index in [4.69, 9.17) is 17.0 Å². The highest BCUT2D eigenvalue weighted by atomic mass is 32.1. The first-order valence-corrected chi connectivity index (χ1v) is 12.7. The van der Waals surface area contributed by atoms with Gasteiger partial charge in [-0.05, 0) is 62.5 Å². The third-order valence-corrected chi connectivity index (χ3v) is 7.70. The summed E-state index contributed by atoms with van der Waals surface area (Å²) < 4.78 is 19.5. The molecular formula is C24H30FN3O2S2. The van der Waals surface area contributed by atoms with Gasteiger partial charge < -0.3 is 19.9 Å². The number of halogens is 1. The van der Waals surface area contributed by atoms with Crippen molar-refractivity contribution in [2.24, 2.45) is 0 Å². The molecule has 5 nitrogen and oxygen atoms in total. The molecule has 8 heteroatoms. The molecule has 2 heterocycles. The monoisotopic (exact) mass is 475 g/mol. The minimum atomic E-state index is -0.264. The molecule has 1 aliphatic heterocycles. The Morgan fingerprint density at radius 2 is 1.84 bits per heavy atom. The molecule has 0 unspecified atom stereocenters. The van der Waals surface area contributed by atoms with Crippen LogP contribution in [0.3, 0.4) is 0 Å². The van der Waals surface area contributed by atoms with Crippen molar-refractivity contribution in [2.75, 3.05) is 43.0 Å². The van der Waals surface area contributed by atoms with Crippen LogP contribution in [0, 0.1) is 5.82 Å². The van der Waals surface area contributed by atoms with Crippen LogP contribution in [-0.2, 0) is 17.6 Å². The zero-order chi connectivity index (χ0) is 22.5. The number of hydrogen-bond acceptors (Lipinski definition) is 5. The van der Waals surface area contributed by atoms with Gasteiger partial charge in [-0.25, -0.2) is 9.18 Å². The summed E-state index contributed by atoms with van der Waals surface area (Å²) in [6.07, 6.45) is 6.60. The van der Waals surface area contributed by atoms with Crippen molar-refractivity contribution in [3.05, 3.63) is 46.1 Å². The molecule has 172 valence electrons.